The van der Waals surface area contributed by atoms with E-state index >= 15 is 0 Å². The van der Waals surface area contributed by atoms with Crippen LogP contribution in [0.25, 0.3) is 11.2 Å². The van der Waals surface area contributed by atoms with Crippen LogP contribution < -0.4 is 0 Å². The van der Waals surface area contributed by atoms with Crippen LogP contribution in [0.15, 0.2) is 36.5 Å². The van der Waals surface area contributed by atoms with Crippen LogP contribution in [0.3, 0.4) is 0 Å². The van der Waals surface area contributed by atoms with Crippen molar-refractivity contribution in [3.8, 4) is 6.07 Å². The van der Waals surface area contributed by atoms with Crippen molar-refractivity contribution in [1.82, 2.24) is 14.5 Å². The van der Waals surface area contributed by atoms with Crippen LogP contribution >= 0.6 is 0 Å². The fourth-order valence-electron chi connectivity index (χ4n) is 2.59. The molecule has 0 N–H and O–H groups in total. The molecule has 0 fully saturated rings. The van der Waals surface area contributed by atoms with Crippen LogP contribution in [0.4, 0.5) is 0 Å². The van der Waals surface area contributed by atoms with E-state index in [2.05, 4.69) is 35.5 Å². The van der Waals surface area contributed by atoms with Gasteiger partial charge in [0.2, 0.25) is 0 Å². The number of pyridine rings is 1. The SMILES string of the molecule is Cc1cnc2c(c1)nc(C(C)C)n2Cc1ccc(C#N)cc1. The molecule has 0 atom stereocenters. The highest BCUT2D eigenvalue weighted by molar-refractivity contribution is 5.72. The Labute approximate surface area is 130 Å². The molecule has 4 heteroatoms. The predicted molar refractivity (Wildman–Crippen MR) is 86.6 cm³/mol. The average Bonchev–Trinajstić information content (AvgIpc) is 2.86. The molecule has 0 aliphatic heterocycles. The van der Waals surface area contributed by atoms with Crippen molar-refractivity contribution >= 4 is 11.2 Å². The summed E-state index contributed by atoms with van der Waals surface area (Å²) in [5.41, 5.74) is 4.79. The lowest BCUT2D eigenvalue weighted by Crippen LogP contribution is -2.07. The summed E-state index contributed by atoms with van der Waals surface area (Å²) in [6.07, 6.45) is 1.88. The minimum absolute atomic E-state index is 0.327. The Kier molecular flexibility index (Phi) is 3.64. The van der Waals surface area contributed by atoms with E-state index in [1.54, 1.807) is 0 Å². The molecule has 110 valence electrons. The van der Waals surface area contributed by atoms with E-state index in [0.29, 0.717) is 18.0 Å². The molecular weight excluding hydrogens is 272 g/mol. The molecule has 0 saturated carbocycles. The minimum atomic E-state index is 0.327. The average molecular weight is 290 g/mol. The van der Waals surface area contributed by atoms with E-state index in [1.807, 2.05) is 37.4 Å². The quantitative estimate of drug-likeness (QED) is 0.737. The third kappa shape index (κ3) is 2.58. The summed E-state index contributed by atoms with van der Waals surface area (Å²) in [5, 5.41) is 8.89. The first-order chi connectivity index (χ1) is 10.6. The molecule has 0 unspecified atom stereocenters. The standard InChI is InChI=1S/C18H18N4/c1-12(2)17-21-16-8-13(3)10-20-18(16)22(17)11-15-6-4-14(9-19)5-7-15/h4-8,10,12H,11H2,1-3H3. The highest BCUT2D eigenvalue weighted by Gasteiger charge is 2.15. The molecule has 0 amide bonds. The second-order valence-corrected chi connectivity index (χ2v) is 5.87. The van der Waals surface area contributed by atoms with Gasteiger partial charge in [-0.2, -0.15) is 5.26 Å². The fraction of sp³-hybridized carbons (Fsp3) is 0.278. The number of hydrogen-bond acceptors (Lipinski definition) is 3. The van der Waals surface area contributed by atoms with Gasteiger partial charge in [-0.3, -0.25) is 0 Å². The lowest BCUT2D eigenvalue weighted by Gasteiger charge is -2.11. The second-order valence-electron chi connectivity index (χ2n) is 5.87. The first kappa shape index (κ1) is 14.3. The first-order valence-corrected chi connectivity index (χ1v) is 7.40. The summed E-state index contributed by atoms with van der Waals surface area (Å²) in [6, 6.07) is 11.9. The van der Waals surface area contributed by atoms with Gasteiger partial charge in [0.25, 0.3) is 0 Å². The number of rotatable bonds is 3. The van der Waals surface area contributed by atoms with Gasteiger partial charge in [-0.1, -0.05) is 26.0 Å². The number of hydrogen-bond donors (Lipinski definition) is 0. The largest absolute Gasteiger partial charge is 0.308 e. The van der Waals surface area contributed by atoms with Crippen LogP contribution in [-0.4, -0.2) is 14.5 Å². The van der Waals surface area contributed by atoms with Gasteiger partial charge in [0.05, 0.1) is 18.2 Å². The molecule has 0 aliphatic rings. The number of fused-ring (bicyclic) bond motifs is 1. The molecule has 4 nitrogen and oxygen atoms in total. The van der Waals surface area contributed by atoms with Crippen molar-refractivity contribution in [1.29, 1.82) is 5.26 Å². The summed E-state index contributed by atoms with van der Waals surface area (Å²) in [5.74, 6) is 1.37. The Morgan fingerprint density at radius 2 is 1.95 bits per heavy atom. The van der Waals surface area contributed by atoms with Gasteiger partial charge >= 0.3 is 0 Å². The zero-order valence-corrected chi connectivity index (χ0v) is 13.0. The zero-order valence-electron chi connectivity index (χ0n) is 13.0. The van der Waals surface area contributed by atoms with E-state index in [4.69, 9.17) is 10.2 Å². The van der Waals surface area contributed by atoms with Gasteiger partial charge in [-0.25, -0.2) is 9.97 Å². The molecule has 0 saturated heterocycles. The fourth-order valence-corrected chi connectivity index (χ4v) is 2.59. The van der Waals surface area contributed by atoms with Crippen LogP contribution in [0.1, 0.15) is 42.3 Å². The number of nitrogens with zero attached hydrogens (tertiary/aromatic N) is 4. The monoisotopic (exact) mass is 290 g/mol. The number of imidazole rings is 1. The Balaban J connectivity index is 2.07. The van der Waals surface area contributed by atoms with E-state index < -0.39 is 0 Å². The summed E-state index contributed by atoms with van der Waals surface area (Å²) < 4.78 is 2.17. The van der Waals surface area contributed by atoms with Crippen molar-refractivity contribution in [2.75, 3.05) is 0 Å². The van der Waals surface area contributed by atoms with Gasteiger partial charge in [0.15, 0.2) is 5.65 Å². The summed E-state index contributed by atoms with van der Waals surface area (Å²) in [4.78, 5) is 9.31. The molecule has 2 aromatic heterocycles. The summed E-state index contributed by atoms with van der Waals surface area (Å²) in [7, 11) is 0. The summed E-state index contributed by atoms with van der Waals surface area (Å²) >= 11 is 0. The molecule has 3 aromatic rings. The number of aryl methyl sites for hydroxylation is 1. The van der Waals surface area contributed by atoms with E-state index in [1.165, 1.54) is 0 Å². The normalized spacial score (nSPS) is 11.0. The minimum Gasteiger partial charge on any atom is -0.308 e. The van der Waals surface area contributed by atoms with Crippen LogP contribution in [0, 0.1) is 18.3 Å². The third-order valence-corrected chi connectivity index (χ3v) is 3.69. The maximum absolute atomic E-state index is 8.89. The van der Waals surface area contributed by atoms with Crippen molar-refractivity contribution in [2.45, 2.75) is 33.2 Å². The molecule has 22 heavy (non-hydrogen) atoms. The van der Waals surface area contributed by atoms with E-state index in [-0.39, 0.29) is 0 Å². The van der Waals surface area contributed by atoms with E-state index in [0.717, 1.165) is 28.1 Å². The molecule has 0 bridgehead atoms. The molecule has 0 spiro atoms. The Morgan fingerprint density at radius 1 is 1.23 bits per heavy atom. The Morgan fingerprint density at radius 3 is 2.59 bits per heavy atom. The highest BCUT2D eigenvalue weighted by Crippen LogP contribution is 2.22. The maximum Gasteiger partial charge on any atom is 0.160 e. The Hall–Kier alpha value is -2.67. The molecular formula is C18H18N4. The van der Waals surface area contributed by atoms with Gasteiger partial charge in [-0.05, 0) is 36.2 Å². The maximum atomic E-state index is 8.89. The smallest absolute Gasteiger partial charge is 0.160 e. The lowest BCUT2D eigenvalue weighted by atomic mass is 10.1. The molecule has 0 radical (unpaired) electrons. The Bertz CT molecular complexity index is 851. The van der Waals surface area contributed by atoms with Crippen molar-refractivity contribution in [2.24, 2.45) is 0 Å². The highest BCUT2D eigenvalue weighted by atomic mass is 15.1. The molecule has 0 aliphatic carbocycles. The van der Waals surface area contributed by atoms with Gasteiger partial charge < -0.3 is 4.57 Å². The van der Waals surface area contributed by atoms with Gasteiger partial charge in [-0.15, -0.1) is 0 Å². The summed E-state index contributed by atoms with van der Waals surface area (Å²) in [6.45, 7) is 7.03. The number of aromatic nitrogens is 3. The topological polar surface area (TPSA) is 54.5 Å². The van der Waals surface area contributed by atoms with Crippen LogP contribution in [0.5, 0.6) is 0 Å². The third-order valence-electron chi connectivity index (χ3n) is 3.69. The van der Waals surface area contributed by atoms with Crippen molar-refractivity contribution in [3.05, 3.63) is 59.0 Å². The second kappa shape index (κ2) is 5.61. The molecule has 1 aromatic carbocycles. The van der Waals surface area contributed by atoms with Gasteiger partial charge in [0, 0.05) is 12.1 Å². The van der Waals surface area contributed by atoms with Gasteiger partial charge in [0.1, 0.15) is 11.3 Å². The number of benzene rings is 1. The first-order valence-electron chi connectivity index (χ1n) is 7.40. The van der Waals surface area contributed by atoms with Crippen molar-refractivity contribution in [3.63, 3.8) is 0 Å². The zero-order chi connectivity index (χ0) is 15.7. The van der Waals surface area contributed by atoms with Crippen LogP contribution in [-0.2, 0) is 6.54 Å². The van der Waals surface area contributed by atoms with Crippen molar-refractivity contribution < 1.29 is 0 Å². The predicted octanol–water partition coefficient (Wildman–Crippen LogP) is 3.78. The van der Waals surface area contributed by atoms with Crippen LogP contribution in [0.2, 0.25) is 0 Å². The molecule has 2 heterocycles. The van der Waals surface area contributed by atoms with E-state index in [9.17, 15) is 0 Å². The lowest BCUT2D eigenvalue weighted by molar-refractivity contribution is 0.679. The molecule has 3 rings (SSSR count). The number of nitriles is 1.